The standard InChI is InChI=1S/C57H84F4O4/c1-4-13-42-17-25-46(26-18-42)48-29-21-44(22-30-48)39-64-52-35-33-50(54(58)56(52)60)62-37-11-7-9-15-41(6-3)16-10-8-12-38-63-51-34-36-53(57(61)55(51)59)65-40-45-23-31-49(32-24-45)47-27-19-43(14-5-2)20-28-47/h4-5,13-14,33-36,41-49H,6-12,15-32,37-40H2,1-3H3/b13-4+,14-5+. The Kier molecular flexibility index (Phi) is 21.8. The molecule has 0 bridgehead atoms. The molecule has 0 atom stereocenters. The topological polar surface area (TPSA) is 36.9 Å². The molecule has 4 saturated carbocycles. The maximum Gasteiger partial charge on any atom is 0.204 e. The van der Waals surface area contributed by atoms with Crippen molar-refractivity contribution in [2.75, 3.05) is 26.4 Å². The maximum absolute atomic E-state index is 15.0. The fraction of sp³-hybridized carbons (Fsp3) is 0.719. The minimum absolute atomic E-state index is 0.0251. The zero-order valence-electron chi connectivity index (χ0n) is 40.5. The molecule has 0 aliphatic heterocycles. The molecule has 2 aromatic carbocycles. The Bertz CT molecular complexity index is 1590. The minimum atomic E-state index is -0.970. The molecule has 0 N–H and O–H groups in total. The van der Waals surface area contributed by atoms with Gasteiger partial charge in [0.2, 0.25) is 23.3 Å². The number of hydrogen-bond acceptors (Lipinski definition) is 4. The summed E-state index contributed by atoms with van der Waals surface area (Å²) in [7, 11) is 0. The first-order chi connectivity index (χ1) is 31.8. The van der Waals surface area contributed by atoms with Crippen LogP contribution in [0.5, 0.6) is 23.0 Å². The molecule has 0 radical (unpaired) electrons. The van der Waals surface area contributed by atoms with Gasteiger partial charge in [-0.2, -0.15) is 17.6 Å². The van der Waals surface area contributed by atoms with E-state index in [4.69, 9.17) is 18.9 Å². The highest BCUT2D eigenvalue weighted by atomic mass is 19.2. The van der Waals surface area contributed by atoms with Gasteiger partial charge in [0.25, 0.3) is 0 Å². The van der Waals surface area contributed by atoms with Gasteiger partial charge >= 0.3 is 0 Å². The van der Waals surface area contributed by atoms with Crippen molar-refractivity contribution in [1.82, 2.24) is 0 Å². The molecule has 0 amide bonds. The number of unbranched alkanes of at least 4 members (excludes halogenated alkanes) is 4. The molecule has 0 unspecified atom stereocenters. The molecular formula is C57H84F4O4. The van der Waals surface area contributed by atoms with Crippen LogP contribution in [-0.2, 0) is 0 Å². The molecule has 0 heterocycles. The number of benzene rings is 2. The van der Waals surface area contributed by atoms with Crippen molar-refractivity contribution in [2.45, 2.75) is 181 Å². The monoisotopic (exact) mass is 909 g/mol. The third kappa shape index (κ3) is 16.0. The van der Waals surface area contributed by atoms with Crippen LogP contribution >= 0.6 is 0 Å². The Morgan fingerprint density at radius 1 is 0.446 bits per heavy atom. The van der Waals surface area contributed by atoms with Gasteiger partial charge in [-0.15, -0.1) is 0 Å². The molecule has 8 heteroatoms. The Hall–Kier alpha value is -3.16. The first-order valence-electron chi connectivity index (χ1n) is 26.5. The van der Waals surface area contributed by atoms with Crippen molar-refractivity contribution >= 4 is 0 Å². The van der Waals surface area contributed by atoms with Gasteiger partial charge in [0.05, 0.1) is 26.4 Å². The van der Waals surface area contributed by atoms with E-state index in [1.54, 1.807) is 0 Å². The molecule has 6 rings (SSSR count). The predicted molar refractivity (Wildman–Crippen MR) is 257 cm³/mol. The lowest BCUT2D eigenvalue weighted by atomic mass is 9.69. The average Bonchev–Trinajstić information content (AvgIpc) is 3.33. The van der Waals surface area contributed by atoms with E-state index in [2.05, 4.69) is 45.1 Å². The van der Waals surface area contributed by atoms with Crippen molar-refractivity contribution in [1.29, 1.82) is 0 Å². The summed E-state index contributed by atoms with van der Waals surface area (Å²) in [5.41, 5.74) is 0. The average molecular weight is 909 g/mol. The van der Waals surface area contributed by atoms with E-state index in [9.17, 15) is 17.6 Å². The molecule has 0 saturated heterocycles. The third-order valence-electron chi connectivity index (χ3n) is 16.3. The van der Waals surface area contributed by atoms with Crippen molar-refractivity contribution in [3.8, 4) is 23.0 Å². The molecule has 0 aromatic heterocycles. The van der Waals surface area contributed by atoms with Gasteiger partial charge in [-0.25, -0.2) is 0 Å². The van der Waals surface area contributed by atoms with Gasteiger partial charge in [0, 0.05) is 0 Å². The van der Waals surface area contributed by atoms with Gasteiger partial charge in [-0.1, -0.05) is 76.2 Å². The summed E-state index contributed by atoms with van der Waals surface area (Å²) in [6.07, 6.45) is 37.9. The summed E-state index contributed by atoms with van der Waals surface area (Å²) < 4.78 is 82.8. The second-order valence-electron chi connectivity index (χ2n) is 20.6. The third-order valence-corrected chi connectivity index (χ3v) is 16.3. The Labute approximate surface area is 391 Å². The Morgan fingerprint density at radius 2 is 0.769 bits per heavy atom. The number of allylic oxidation sites excluding steroid dienone is 4. The lowest BCUT2D eigenvalue weighted by Crippen LogP contribution is -2.27. The lowest BCUT2D eigenvalue weighted by Gasteiger charge is -2.37. The van der Waals surface area contributed by atoms with Crippen LogP contribution in [0.1, 0.15) is 181 Å². The normalized spacial score (nSPS) is 26.9. The summed E-state index contributed by atoms with van der Waals surface area (Å²) in [5, 5.41) is 0. The number of ether oxygens (including phenoxy) is 4. The van der Waals surface area contributed by atoms with Crippen LogP contribution in [0.4, 0.5) is 17.6 Å². The number of halogens is 4. The van der Waals surface area contributed by atoms with Gasteiger partial charge < -0.3 is 18.9 Å². The van der Waals surface area contributed by atoms with E-state index >= 15 is 0 Å². The number of rotatable bonds is 25. The minimum Gasteiger partial charge on any atom is -0.490 e. The van der Waals surface area contributed by atoms with Crippen LogP contribution in [0.2, 0.25) is 0 Å². The van der Waals surface area contributed by atoms with Crippen molar-refractivity contribution in [3.05, 3.63) is 71.8 Å². The SMILES string of the molecule is C/C=C/C1CCC(C2CCC(COc3ccc(OCCCCCC(CC)CCCCCOc4ccc(OCC5CCC(C6CCC(/C=C/C)CC6)CC5)c(F)c4F)c(F)c3F)CC2)CC1. The Balaban J connectivity index is 0.771. The summed E-state index contributed by atoms with van der Waals surface area (Å²) in [6, 6.07) is 6.01. The van der Waals surface area contributed by atoms with Crippen LogP contribution in [0.3, 0.4) is 0 Å². The van der Waals surface area contributed by atoms with Gasteiger partial charge in [0.1, 0.15) is 0 Å². The zero-order valence-corrected chi connectivity index (χ0v) is 40.5. The Morgan fingerprint density at radius 3 is 1.09 bits per heavy atom. The van der Waals surface area contributed by atoms with E-state index in [0.29, 0.717) is 44.2 Å². The van der Waals surface area contributed by atoms with E-state index in [1.165, 1.54) is 101 Å². The first-order valence-corrected chi connectivity index (χ1v) is 26.5. The predicted octanol–water partition coefficient (Wildman–Crippen LogP) is 17.0. The second-order valence-corrected chi connectivity index (χ2v) is 20.6. The van der Waals surface area contributed by atoms with E-state index in [-0.39, 0.29) is 23.0 Å². The molecule has 2 aromatic rings. The van der Waals surface area contributed by atoms with Gasteiger partial charge in [-0.05, 0) is 207 Å². The summed E-state index contributed by atoms with van der Waals surface area (Å²) in [4.78, 5) is 0. The van der Waals surface area contributed by atoms with E-state index in [0.717, 1.165) is 119 Å². The second kappa shape index (κ2) is 27.6. The molecule has 4 fully saturated rings. The highest BCUT2D eigenvalue weighted by Crippen LogP contribution is 2.44. The van der Waals surface area contributed by atoms with Crippen LogP contribution in [-0.4, -0.2) is 26.4 Å². The fourth-order valence-electron chi connectivity index (χ4n) is 12.0. The van der Waals surface area contributed by atoms with E-state index < -0.39 is 23.3 Å². The van der Waals surface area contributed by atoms with Crippen LogP contribution in [0, 0.1) is 76.5 Å². The van der Waals surface area contributed by atoms with E-state index in [1.807, 2.05) is 0 Å². The van der Waals surface area contributed by atoms with Crippen LogP contribution in [0.25, 0.3) is 0 Å². The van der Waals surface area contributed by atoms with Crippen molar-refractivity contribution < 1.29 is 36.5 Å². The molecule has 0 spiro atoms. The largest absolute Gasteiger partial charge is 0.490 e. The lowest BCUT2D eigenvalue weighted by molar-refractivity contribution is 0.127. The first kappa shape index (κ1) is 51.2. The highest BCUT2D eigenvalue weighted by molar-refractivity contribution is 5.36. The molecule has 4 nitrogen and oxygen atoms in total. The van der Waals surface area contributed by atoms with Gasteiger partial charge in [-0.3, -0.25) is 0 Å². The fourth-order valence-corrected chi connectivity index (χ4v) is 12.0. The van der Waals surface area contributed by atoms with Crippen molar-refractivity contribution in [3.63, 3.8) is 0 Å². The number of hydrogen-bond donors (Lipinski definition) is 0. The molecular weight excluding hydrogens is 825 g/mol. The summed E-state index contributed by atoms with van der Waals surface area (Å²) >= 11 is 0. The zero-order chi connectivity index (χ0) is 45.8. The van der Waals surface area contributed by atoms with Crippen LogP contribution < -0.4 is 18.9 Å². The molecule has 4 aliphatic rings. The smallest absolute Gasteiger partial charge is 0.204 e. The quantitative estimate of drug-likeness (QED) is 0.0565. The molecule has 4 aliphatic carbocycles. The van der Waals surface area contributed by atoms with Crippen molar-refractivity contribution in [2.24, 2.45) is 53.3 Å². The summed E-state index contributed by atoms with van der Waals surface area (Å²) in [6.45, 7) is 7.99. The summed E-state index contributed by atoms with van der Waals surface area (Å²) in [5.74, 6) is 2.17. The molecule has 364 valence electrons. The van der Waals surface area contributed by atoms with Gasteiger partial charge in [0.15, 0.2) is 23.0 Å². The molecule has 65 heavy (non-hydrogen) atoms. The van der Waals surface area contributed by atoms with Crippen LogP contribution in [0.15, 0.2) is 48.6 Å². The highest BCUT2D eigenvalue weighted by Gasteiger charge is 2.32. The maximum atomic E-state index is 15.0.